The Morgan fingerprint density at radius 2 is 1.86 bits per heavy atom. The summed E-state index contributed by atoms with van der Waals surface area (Å²) in [4.78, 5) is 35.5. The van der Waals surface area contributed by atoms with Crippen LogP contribution in [0.2, 0.25) is 0 Å². The van der Waals surface area contributed by atoms with Gasteiger partial charge in [0, 0.05) is 16.5 Å². The predicted molar refractivity (Wildman–Crippen MR) is 103 cm³/mol. The molecule has 1 N–H and O–H groups in total. The summed E-state index contributed by atoms with van der Waals surface area (Å²) in [5.74, 6) is -1.48. The summed E-state index contributed by atoms with van der Waals surface area (Å²) < 4.78 is 11.1. The van der Waals surface area contributed by atoms with Crippen molar-refractivity contribution in [3.63, 3.8) is 0 Å². The average molecular weight is 388 g/mol. The molecule has 0 saturated carbocycles. The second-order valence-electron chi connectivity index (χ2n) is 6.99. The van der Waals surface area contributed by atoms with Gasteiger partial charge in [0.25, 0.3) is 5.91 Å². The number of carboxylic acids is 1. The van der Waals surface area contributed by atoms with Gasteiger partial charge < -0.3 is 24.4 Å². The molecule has 7 heteroatoms. The monoisotopic (exact) mass is 388 g/mol. The van der Waals surface area contributed by atoms with Crippen molar-refractivity contribution in [3.8, 4) is 5.75 Å². The Hall–Kier alpha value is -2.83. The first-order valence-electron chi connectivity index (χ1n) is 9.38. The van der Waals surface area contributed by atoms with Gasteiger partial charge in [0.05, 0.1) is 12.0 Å². The van der Waals surface area contributed by atoms with E-state index in [1.165, 1.54) is 6.92 Å². The fourth-order valence-electron chi connectivity index (χ4n) is 2.94. The first-order chi connectivity index (χ1) is 13.2. The quantitative estimate of drug-likeness (QED) is 0.692. The molecule has 0 aliphatic rings. The van der Waals surface area contributed by atoms with Crippen LogP contribution in [0.5, 0.6) is 5.75 Å². The van der Waals surface area contributed by atoms with Crippen LogP contribution >= 0.6 is 0 Å². The van der Waals surface area contributed by atoms with Crippen LogP contribution in [-0.4, -0.2) is 24.0 Å². The maximum Gasteiger partial charge on any atom is 0.339 e. The van der Waals surface area contributed by atoms with Gasteiger partial charge in [-0.1, -0.05) is 19.8 Å². The van der Waals surface area contributed by atoms with Gasteiger partial charge in [0.2, 0.25) is 0 Å². The number of aliphatic carboxylic acids is 1. The van der Waals surface area contributed by atoms with Gasteiger partial charge in [0.1, 0.15) is 11.3 Å². The molecule has 28 heavy (non-hydrogen) atoms. The highest BCUT2D eigenvalue weighted by atomic mass is 16.5. The average Bonchev–Trinajstić information content (AvgIpc) is 2.65. The highest BCUT2D eigenvalue weighted by molar-refractivity contribution is 5.87. The minimum Gasteiger partial charge on any atom is -0.548 e. The van der Waals surface area contributed by atoms with Crippen molar-refractivity contribution in [2.75, 3.05) is 0 Å². The standard InChI is InChI=1S/C21H27NO6/c1-6-7-8-16(20(24)25)22-19(23)14(5)27-17-10-9-15-11(2)12(3)21(26)28-18(15)13(17)4/h9-10,14,16H,6-8H2,1-5H3,(H,22,23)(H,24,25)/p-1/t14-,16-/m1/s1. The Morgan fingerprint density at radius 3 is 2.46 bits per heavy atom. The third-order valence-electron chi connectivity index (χ3n) is 4.94. The number of hydrogen-bond acceptors (Lipinski definition) is 6. The van der Waals surface area contributed by atoms with Gasteiger partial charge in [-0.05, 0) is 51.8 Å². The molecule has 0 fully saturated rings. The lowest BCUT2D eigenvalue weighted by Gasteiger charge is -2.23. The number of benzene rings is 1. The van der Waals surface area contributed by atoms with Gasteiger partial charge in [-0.3, -0.25) is 4.79 Å². The van der Waals surface area contributed by atoms with Crippen LogP contribution in [0.3, 0.4) is 0 Å². The van der Waals surface area contributed by atoms with E-state index in [2.05, 4.69) is 5.32 Å². The first kappa shape index (κ1) is 21.5. The summed E-state index contributed by atoms with van der Waals surface area (Å²) in [6.45, 7) is 8.76. The smallest absolute Gasteiger partial charge is 0.339 e. The molecule has 1 aromatic carbocycles. The van der Waals surface area contributed by atoms with Gasteiger partial charge >= 0.3 is 5.63 Å². The van der Waals surface area contributed by atoms with E-state index >= 15 is 0 Å². The minimum absolute atomic E-state index is 0.302. The van der Waals surface area contributed by atoms with E-state index in [0.717, 1.165) is 17.4 Å². The number of carbonyl (C=O) groups excluding carboxylic acids is 2. The largest absolute Gasteiger partial charge is 0.548 e. The summed E-state index contributed by atoms with van der Waals surface area (Å²) in [6.07, 6.45) is 0.843. The first-order valence-corrected chi connectivity index (χ1v) is 9.38. The number of hydrogen-bond donors (Lipinski definition) is 1. The zero-order valence-corrected chi connectivity index (χ0v) is 16.9. The fraction of sp³-hybridized carbons (Fsp3) is 0.476. The van der Waals surface area contributed by atoms with E-state index in [9.17, 15) is 19.5 Å². The molecular weight excluding hydrogens is 362 g/mol. The SMILES string of the molecule is CCCC[C@@H](NC(=O)[C@@H](C)Oc1ccc2c(C)c(C)c(=O)oc2c1C)C(=O)[O-]. The molecular formula is C21H26NO6-. The third kappa shape index (κ3) is 4.52. The number of amides is 1. The summed E-state index contributed by atoms with van der Waals surface area (Å²) >= 11 is 0. The Bertz CT molecular complexity index is 946. The molecule has 0 bridgehead atoms. The maximum atomic E-state index is 12.4. The van der Waals surface area contributed by atoms with Gasteiger partial charge in [-0.15, -0.1) is 0 Å². The number of unbranched alkanes of at least 4 members (excludes halogenated alkanes) is 1. The van der Waals surface area contributed by atoms with Crippen LogP contribution < -0.4 is 20.8 Å². The normalized spacial score (nSPS) is 13.2. The van der Waals surface area contributed by atoms with Crippen molar-refractivity contribution in [1.29, 1.82) is 0 Å². The molecule has 0 unspecified atom stereocenters. The number of nitrogens with one attached hydrogen (secondary N) is 1. The molecule has 7 nitrogen and oxygen atoms in total. The highest BCUT2D eigenvalue weighted by Gasteiger charge is 2.21. The van der Waals surface area contributed by atoms with E-state index in [1.54, 1.807) is 26.0 Å². The number of carbonyl (C=O) groups is 2. The van der Waals surface area contributed by atoms with Crippen LogP contribution in [0.15, 0.2) is 21.3 Å². The molecule has 2 rings (SSSR count). The molecule has 0 radical (unpaired) electrons. The van der Waals surface area contributed by atoms with Crippen LogP contribution in [0.4, 0.5) is 0 Å². The highest BCUT2D eigenvalue weighted by Crippen LogP contribution is 2.29. The number of carboxylic acid groups (broad SMARTS) is 1. The fourth-order valence-corrected chi connectivity index (χ4v) is 2.94. The van der Waals surface area contributed by atoms with Crippen molar-refractivity contribution in [2.24, 2.45) is 0 Å². The molecule has 2 atom stereocenters. The lowest BCUT2D eigenvalue weighted by atomic mass is 10.0. The number of aryl methyl sites for hydroxylation is 2. The van der Waals surface area contributed by atoms with Crippen molar-refractivity contribution >= 4 is 22.8 Å². The van der Waals surface area contributed by atoms with Crippen LogP contribution in [0, 0.1) is 20.8 Å². The molecule has 0 aliphatic heterocycles. The van der Waals surface area contributed by atoms with Gasteiger partial charge in [0.15, 0.2) is 6.10 Å². The predicted octanol–water partition coefficient (Wildman–Crippen LogP) is 1.91. The minimum atomic E-state index is -1.32. The van der Waals surface area contributed by atoms with E-state index in [-0.39, 0.29) is 0 Å². The van der Waals surface area contributed by atoms with Crippen molar-refractivity contribution in [3.05, 3.63) is 39.2 Å². The van der Waals surface area contributed by atoms with Crippen molar-refractivity contribution < 1.29 is 23.8 Å². The Morgan fingerprint density at radius 1 is 1.18 bits per heavy atom. The molecule has 2 aromatic rings. The molecule has 152 valence electrons. The second kappa shape index (κ2) is 8.91. The Balaban J connectivity index is 2.22. The van der Waals surface area contributed by atoms with Crippen LogP contribution in [0.1, 0.15) is 49.8 Å². The van der Waals surface area contributed by atoms with E-state index < -0.39 is 29.6 Å². The van der Waals surface area contributed by atoms with E-state index in [0.29, 0.717) is 35.3 Å². The van der Waals surface area contributed by atoms with Crippen molar-refractivity contribution in [2.45, 2.75) is 66.0 Å². The number of fused-ring (bicyclic) bond motifs is 1. The molecule has 0 saturated heterocycles. The molecule has 1 aromatic heterocycles. The number of rotatable bonds is 8. The summed E-state index contributed by atoms with van der Waals surface area (Å²) in [7, 11) is 0. The summed E-state index contributed by atoms with van der Waals surface area (Å²) in [6, 6.07) is 2.43. The van der Waals surface area contributed by atoms with Crippen LogP contribution in [0.25, 0.3) is 11.0 Å². The van der Waals surface area contributed by atoms with Gasteiger partial charge in [-0.25, -0.2) is 4.79 Å². The van der Waals surface area contributed by atoms with E-state index in [1.807, 2.05) is 13.8 Å². The number of ether oxygens (including phenoxy) is 1. The molecule has 1 amide bonds. The third-order valence-corrected chi connectivity index (χ3v) is 4.94. The summed E-state index contributed by atoms with van der Waals surface area (Å²) in [5.41, 5.74) is 1.98. The Kier molecular flexibility index (Phi) is 6.83. The second-order valence-corrected chi connectivity index (χ2v) is 6.99. The molecule has 0 aliphatic carbocycles. The van der Waals surface area contributed by atoms with Crippen LogP contribution in [-0.2, 0) is 9.59 Å². The lowest BCUT2D eigenvalue weighted by molar-refractivity contribution is -0.308. The maximum absolute atomic E-state index is 12.4. The topological polar surface area (TPSA) is 109 Å². The summed E-state index contributed by atoms with van der Waals surface area (Å²) in [5, 5.41) is 14.5. The molecule has 1 heterocycles. The molecule has 0 spiro atoms. The Labute approximate surface area is 163 Å². The van der Waals surface area contributed by atoms with Gasteiger partial charge in [-0.2, -0.15) is 0 Å². The van der Waals surface area contributed by atoms with E-state index in [4.69, 9.17) is 9.15 Å². The zero-order valence-electron chi connectivity index (χ0n) is 16.9. The zero-order chi connectivity index (χ0) is 21.0. The lowest BCUT2D eigenvalue weighted by Crippen LogP contribution is -2.51. The van der Waals surface area contributed by atoms with Crippen molar-refractivity contribution in [1.82, 2.24) is 5.32 Å².